The summed E-state index contributed by atoms with van der Waals surface area (Å²) in [5.41, 5.74) is 1.73. The number of carbonyl (C=O) groups is 2. The van der Waals surface area contributed by atoms with Gasteiger partial charge in [-0.2, -0.15) is 0 Å². The highest BCUT2D eigenvalue weighted by Gasteiger charge is 2.26. The predicted molar refractivity (Wildman–Crippen MR) is 109 cm³/mol. The van der Waals surface area contributed by atoms with Crippen LogP contribution in [-0.4, -0.2) is 30.9 Å². The number of hydrogen-bond donors (Lipinski definition) is 2. The summed E-state index contributed by atoms with van der Waals surface area (Å²) in [6.45, 7) is 5.79. The monoisotopic (exact) mass is 383 g/mol. The van der Waals surface area contributed by atoms with Crippen LogP contribution in [0.15, 0.2) is 48.5 Å². The Morgan fingerprint density at radius 3 is 2.25 bits per heavy atom. The largest absolute Gasteiger partial charge is 0.372 e. The zero-order valence-electron chi connectivity index (χ0n) is 16.2. The van der Waals surface area contributed by atoms with Gasteiger partial charge in [0.15, 0.2) is 0 Å². The molecule has 0 aromatic heterocycles. The summed E-state index contributed by atoms with van der Waals surface area (Å²) in [6.07, 6.45) is 2.41. The number of amides is 2. The van der Waals surface area contributed by atoms with Crippen molar-refractivity contribution in [3.63, 3.8) is 0 Å². The highest BCUT2D eigenvalue weighted by Crippen LogP contribution is 2.22. The highest BCUT2D eigenvalue weighted by molar-refractivity contribution is 6.01. The summed E-state index contributed by atoms with van der Waals surface area (Å²) < 4.78 is 13.8. The average molecular weight is 383 g/mol. The molecule has 28 heavy (non-hydrogen) atoms. The van der Waals surface area contributed by atoms with Crippen molar-refractivity contribution in [2.75, 3.05) is 23.3 Å². The molecule has 1 atom stereocenters. The molecule has 1 aliphatic rings. The van der Waals surface area contributed by atoms with Gasteiger partial charge in [0.2, 0.25) is 5.91 Å². The Morgan fingerprint density at radius 1 is 1.00 bits per heavy atom. The van der Waals surface area contributed by atoms with Gasteiger partial charge in [-0.3, -0.25) is 9.59 Å². The zero-order valence-corrected chi connectivity index (χ0v) is 16.2. The minimum atomic E-state index is -0.773. The van der Waals surface area contributed by atoms with Crippen molar-refractivity contribution in [2.24, 2.45) is 5.92 Å². The normalized spacial score (nSPS) is 14.8. The van der Waals surface area contributed by atoms with Crippen LogP contribution in [0.3, 0.4) is 0 Å². The molecule has 1 aliphatic heterocycles. The third-order valence-corrected chi connectivity index (χ3v) is 4.96. The van der Waals surface area contributed by atoms with Crippen LogP contribution >= 0.6 is 0 Å². The first kappa shape index (κ1) is 19.9. The van der Waals surface area contributed by atoms with Crippen LogP contribution in [0.25, 0.3) is 0 Å². The van der Waals surface area contributed by atoms with Crippen LogP contribution < -0.4 is 15.5 Å². The van der Waals surface area contributed by atoms with Gasteiger partial charge in [0.25, 0.3) is 5.91 Å². The Morgan fingerprint density at radius 2 is 1.64 bits per heavy atom. The number of nitrogens with one attached hydrogen (secondary N) is 2. The van der Waals surface area contributed by atoms with Crippen molar-refractivity contribution >= 4 is 23.2 Å². The summed E-state index contributed by atoms with van der Waals surface area (Å²) in [7, 11) is 0. The lowest BCUT2D eigenvalue weighted by Gasteiger charge is -2.22. The van der Waals surface area contributed by atoms with Crippen molar-refractivity contribution in [1.29, 1.82) is 0 Å². The van der Waals surface area contributed by atoms with Crippen molar-refractivity contribution in [3.05, 3.63) is 59.9 Å². The SMILES string of the molecule is CC(C)[C@@H](NC(=O)c1ccccc1F)C(=O)Nc1ccc(N2CCCC2)cc1. The fourth-order valence-electron chi connectivity index (χ4n) is 3.35. The molecule has 3 rings (SSSR count). The van der Waals surface area contributed by atoms with Crippen LogP contribution in [0.4, 0.5) is 15.8 Å². The van der Waals surface area contributed by atoms with Gasteiger partial charge in [-0.15, -0.1) is 0 Å². The Kier molecular flexibility index (Phi) is 6.29. The lowest BCUT2D eigenvalue weighted by molar-refractivity contribution is -0.118. The molecule has 0 aliphatic carbocycles. The molecule has 0 saturated carbocycles. The summed E-state index contributed by atoms with van der Waals surface area (Å²) in [5, 5.41) is 5.50. The van der Waals surface area contributed by atoms with E-state index in [4.69, 9.17) is 0 Å². The van der Waals surface area contributed by atoms with E-state index in [-0.39, 0.29) is 17.4 Å². The Balaban J connectivity index is 1.66. The van der Waals surface area contributed by atoms with E-state index in [0.29, 0.717) is 5.69 Å². The maximum Gasteiger partial charge on any atom is 0.254 e. The molecular weight excluding hydrogens is 357 g/mol. The average Bonchev–Trinajstić information content (AvgIpc) is 3.21. The number of benzene rings is 2. The van der Waals surface area contributed by atoms with Gasteiger partial charge in [-0.05, 0) is 55.2 Å². The van der Waals surface area contributed by atoms with Crippen molar-refractivity contribution in [2.45, 2.75) is 32.7 Å². The molecule has 0 unspecified atom stereocenters. The zero-order chi connectivity index (χ0) is 20.1. The Bertz CT molecular complexity index is 830. The fourth-order valence-corrected chi connectivity index (χ4v) is 3.35. The lowest BCUT2D eigenvalue weighted by Crippen LogP contribution is -2.47. The second-order valence-corrected chi connectivity index (χ2v) is 7.41. The second kappa shape index (κ2) is 8.87. The highest BCUT2D eigenvalue weighted by atomic mass is 19.1. The molecule has 1 saturated heterocycles. The first-order valence-electron chi connectivity index (χ1n) is 9.67. The van der Waals surface area contributed by atoms with Gasteiger partial charge in [-0.1, -0.05) is 26.0 Å². The summed E-state index contributed by atoms with van der Waals surface area (Å²) in [6, 6.07) is 12.7. The van der Waals surface area contributed by atoms with E-state index in [1.165, 1.54) is 31.0 Å². The second-order valence-electron chi connectivity index (χ2n) is 7.41. The van der Waals surface area contributed by atoms with Crippen LogP contribution in [0.2, 0.25) is 0 Å². The van der Waals surface area contributed by atoms with E-state index in [2.05, 4.69) is 15.5 Å². The Hall–Kier alpha value is -2.89. The van der Waals surface area contributed by atoms with E-state index >= 15 is 0 Å². The molecule has 1 fully saturated rings. The molecule has 6 heteroatoms. The summed E-state index contributed by atoms with van der Waals surface area (Å²) >= 11 is 0. The van der Waals surface area contributed by atoms with Crippen LogP contribution in [0.5, 0.6) is 0 Å². The third kappa shape index (κ3) is 4.68. The number of anilines is 2. The summed E-state index contributed by atoms with van der Waals surface area (Å²) in [5.74, 6) is -1.69. The molecule has 148 valence electrons. The molecule has 2 amide bonds. The minimum absolute atomic E-state index is 0.0732. The molecule has 2 N–H and O–H groups in total. The number of rotatable bonds is 6. The molecule has 5 nitrogen and oxygen atoms in total. The molecule has 1 heterocycles. The number of halogens is 1. The van der Waals surface area contributed by atoms with Gasteiger partial charge < -0.3 is 15.5 Å². The number of hydrogen-bond acceptors (Lipinski definition) is 3. The Labute approximate surface area is 164 Å². The lowest BCUT2D eigenvalue weighted by atomic mass is 10.0. The molecule has 0 radical (unpaired) electrons. The van der Waals surface area contributed by atoms with E-state index < -0.39 is 17.8 Å². The number of carbonyl (C=O) groups excluding carboxylic acids is 2. The maximum atomic E-state index is 13.8. The van der Waals surface area contributed by atoms with Crippen LogP contribution in [0, 0.1) is 11.7 Å². The van der Waals surface area contributed by atoms with E-state index in [1.807, 2.05) is 38.1 Å². The van der Waals surface area contributed by atoms with E-state index in [0.717, 1.165) is 18.8 Å². The fraction of sp³-hybridized carbons (Fsp3) is 0.364. The predicted octanol–water partition coefficient (Wildman–Crippen LogP) is 3.82. The van der Waals surface area contributed by atoms with Gasteiger partial charge in [0.1, 0.15) is 11.9 Å². The number of nitrogens with zero attached hydrogens (tertiary/aromatic N) is 1. The first-order chi connectivity index (χ1) is 13.5. The standard InChI is InChI=1S/C22H26FN3O2/c1-15(2)20(25-21(27)18-7-3-4-8-19(18)23)22(28)24-16-9-11-17(12-10-16)26-13-5-6-14-26/h3-4,7-12,15,20H,5-6,13-14H2,1-2H3,(H,24,28)(H,25,27)/t20-/m1/s1. The molecule has 2 aromatic carbocycles. The quantitative estimate of drug-likeness (QED) is 0.797. The smallest absolute Gasteiger partial charge is 0.254 e. The van der Waals surface area contributed by atoms with Gasteiger partial charge in [0, 0.05) is 24.5 Å². The van der Waals surface area contributed by atoms with Crippen molar-refractivity contribution in [1.82, 2.24) is 5.32 Å². The van der Waals surface area contributed by atoms with Crippen molar-refractivity contribution in [3.8, 4) is 0 Å². The molecule has 0 bridgehead atoms. The van der Waals surface area contributed by atoms with Crippen LogP contribution in [-0.2, 0) is 4.79 Å². The maximum absolute atomic E-state index is 13.8. The van der Waals surface area contributed by atoms with E-state index in [1.54, 1.807) is 6.07 Å². The van der Waals surface area contributed by atoms with E-state index in [9.17, 15) is 14.0 Å². The molecule has 2 aromatic rings. The third-order valence-electron chi connectivity index (χ3n) is 4.96. The van der Waals surface area contributed by atoms with Gasteiger partial charge in [0.05, 0.1) is 5.56 Å². The molecule has 0 spiro atoms. The summed E-state index contributed by atoms with van der Waals surface area (Å²) in [4.78, 5) is 27.4. The van der Waals surface area contributed by atoms with Gasteiger partial charge >= 0.3 is 0 Å². The van der Waals surface area contributed by atoms with Gasteiger partial charge in [-0.25, -0.2) is 4.39 Å². The first-order valence-corrected chi connectivity index (χ1v) is 9.67. The molecular formula is C22H26FN3O2. The topological polar surface area (TPSA) is 61.4 Å². The minimum Gasteiger partial charge on any atom is -0.372 e. The van der Waals surface area contributed by atoms with Crippen LogP contribution in [0.1, 0.15) is 37.0 Å². The van der Waals surface area contributed by atoms with Crippen molar-refractivity contribution < 1.29 is 14.0 Å².